The summed E-state index contributed by atoms with van der Waals surface area (Å²) in [5, 5.41) is 24.0. The summed E-state index contributed by atoms with van der Waals surface area (Å²) in [5.74, 6) is 0.555. The molecule has 0 amide bonds. The van der Waals surface area contributed by atoms with Crippen LogP contribution in [0.2, 0.25) is 10.2 Å². The van der Waals surface area contributed by atoms with Crippen LogP contribution >= 0.6 is 23.2 Å². The molecule has 5 nitrogen and oxygen atoms in total. The van der Waals surface area contributed by atoms with Gasteiger partial charge in [0.05, 0.1) is 6.21 Å². The topological polar surface area (TPSA) is 70.4 Å². The summed E-state index contributed by atoms with van der Waals surface area (Å²) < 4.78 is 0. The van der Waals surface area contributed by atoms with Crippen molar-refractivity contribution in [3.05, 3.63) is 58.2 Å². The van der Waals surface area contributed by atoms with Gasteiger partial charge in [-0.05, 0) is 18.2 Å². The fourth-order valence-electron chi connectivity index (χ4n) is 1.95. The van der Waals surface area contributed by atoms with Crippen LogP contribution in [0.4, 0.5) is 5.82 Å². The van der Waals surface area contributed by atoms with Gasteiger partial charge in [-0.1, -0.05) is 47.5 Å². The van der Waals surface area contributed by atoms with Crippen LogP contribution in [0.5, 0.6) is 5.75 Å². The fourth-order valence-corrected chi connectivity index (χ4v) is 2.33. The van der Waals surface area contributed by atoms with Gasteiger partial charge in [-0.3, -0.25) is 5.43 Å². The van der Waals surface area contributed by atoms with Gasteiger partial charge in [0.25, 0.3) is 0 Å². The molecule has 3 aromatic rings. The van der Waals surface area contributed by atoms with Gasteiger partial charge in [0.1, 0.15) is 5.75 Å². The molecule has 0 spiro atoms. The first-order chi connectivity index (χ1) is 10.6. The highest BCUT2D eigenvalue weighted by molar-refractivity contribution is 6.34. The lowest BCUT2D eigenvalue weighted by molar-refractivity contribution is 0.474. The first-order valence-corrected chi connectivity index (χ1v) is 7.09. The second-order valence-electron chi connectivity index (χ2n) is 4.46. The van der Waals surface area contributed by atoms with Crippen molar-refractivity contribution in [3.8, 4) is 5.75 Å². The maximum absolute atomic E-state index is 9.72. The summed E-state index contributed by atoms with van der Waals surface area (Å²) in [6, 6.07) is 12.2. The predicted molar refractivity (Wildman–Crippen MR) is 88.9 cm³/mol. The van der Waals surface area contributed by atoms with Crippen molar-refractivity contribution >= 4 is 46.0 Å². The number of hydrogen-bond acceptors (Lipinski definition) is 5. The molecule has 0 aliphatic carbocycles. The van der Waals surface area contributed by atoms with Crippen LogP contribution < -0.4 is 5.43 Å². The lowest BCUT2D eigenvalue weighted by atomic mass is 10.2. The number of nitrogens with zero attached hydrogens (tertiary/aromatic N) is 3. The van der Waals surface area contributed by atoms with Crippen LogP contribution in [-0.2, 0) is 0 Å². The van der Waals surface area contributed by atoms with Crippen LogP contribution in [0.1, 0.15) is 5.56 Å². The summed E-state index contributed by atoms with van der Waals surface area (Å²) in [4.78, 5) is 0. The molecule has 0 aliphatic rings. The van der Waals surface area contributed by atoms with Crippen molar-refractivity contribution in [2.45, 2.75) is 0 Å². The van der Waals surface area contributed by atoms with Crippen molar-refractivity contribution < 1.29 is 5.11 Å². The summed E-state index contributed by atoms with van der Waals surface area (Å²) >= 11 is 11.9. The van der Waals surface area contributed by atoms with E-state index in [-0.39, 0.29) is 5.75 Å². The molecule has 22 heavy (non-hydrogen) atoms. The third-order valence-electron chi connectivity index (χ3n) is 3.01. The number of hydrogen-bond donors (Lipinski definition) is 2. The molecule has 0 radical (unpaired) electrons. The third-order valence-corrected chi connectivity index (χ3v) is 3.52. The van der Waals surface area contributed by atoms with E-state index in [1.807, 2.05) is 24.3 Å². The number of phenols is 1. The molecule has 0 saturated heterocycles. The molecule has 0 saturated carbocycles. The van der Waals surface area contributed by atoms with E-state index >= 15 is 0 Å². The molecular weight excluding hydrogens is 323 g/mol. The van der Waals surface area contributed by atoms with Gasteiger partial charge >= 0.3 is 0 Å². The maximum atomic E-state index is 9.72. The average Bonchev–Trinajstić information content (AvgIpc) is 2.53. The third kappa shape index (κ3) is 2.95. The van der Waals surface area contributed by atoms with Gasteiger partial charge < -0.3 is 5.11 Å². The van der Waals surface area contributed by atoms with E-state index in [1.165, 1.54) is 12.3 Å². The number of rotatable bonds is 3. The van der Waals surface area contributed by atoms with Crippen molar-refractivity contribution in [1.29, 1.82) is 0 Å². The monoisotopic (exact) mass is 332 g/mol. The van der Waals surface area contributed by atoms with Crippen molar-refractivity contribution in [1.82, 2.24) is 10.2 Å². The number of benzene rings is 2. The van der Waals surface area contributed by atoms with Gasteiger partial charge in [-0.25, -0.2) is 0 Å². The Labute approximate surface area is 136 Å². The first kappa shape index (κ1) is 14.6. The van der Waals surface area contributed by atoms with E-state index in [1.54, 1.807) is 12.1 Å². The Hall–Kier alpha value is -2.37. The Morgan fingerprint density at radius 3 is 2.64 bits per heavy atom. The molecule has 0 bridgehead atoms. The Bertz CT molecular complexity index is 867. The van der Waals surface area contributed by atoms with Gasteiger partial charge in [0.2, 0.25) is 0 Å². The molecule has 2 N–H and O–H groups in total. The van der Waals surface area contributed by atoms with Gasteiger partial charge in [-0.2, -0.15) is 5.10 Å². The number of phenolic OH excluding ortho intramolecular Hbond substituents is 1. The second kappa shape index (κ2) is 6.17. The number of hydrazone groups is 1. The predicted octanol–water partition coefficient (Wildman–Crippen LogP) is 4.09. The van der Waals surface area contributed by atoms with Crippen molar-refractivity contribution in [3.63, 3.8) is 0 Å². The largest absolute Gasteiger partial charge is 0.507 e. The van der Waals surface area contributed by atoms with E-state index in [9.17, 15) is 5.11 Å². The molecule has 1 aromatic heterocycles. The Morgan fingerprint density at radius 1 is 1.05 bits per heavy atom. The van der Waals surface area contributed by atoms with Crippen LogP contribution in [0.25, 0.3) is 10.8 Å². The SMILES string of the molecule is Oc1ccc(Cl)cc1C=NNc1nnc(Cl)c2ccccc12. The van der Waals surface area contributed by atoms with Crippen LogP contribution in [-0.4, -0.2) is 21.5 Å². The Balaban J connectivity index is 1.90. The lowest BCUT2D eigenvalue weighted by Gasteiger charge is -2.05. The minimum Gasteiger partial charge on any atom is -0.507 e. The van der Waals surface area contributed by atoms with Crippen LogP contribution in [0, 0.1) is 0 Å². The van der Waals surface area contributed by atoms with Gasteiger partial charge in [-0.15, -0.1) is 10.2 Å². The number of anilines is 1. The number of aromatic nitrogens is 2. The number of nitrogens with one attached hydrogen (secondary N) is 1. The zero-order valence-electron chi connectivity index (χ0n) is 11.2. The zero-order valence-corrected chi connectivity index (χ0v) is 12.7. The quantitative estimate of drug-likeness (QED) is 0.559. The maximum Gasteiger partial charge on any atom is 0.176 e. The molecule has 110 valence electrons. The Morgan fingerprint density at radius 2 is 1.82 bits per heavy atom. The molecule has 0 atom stereocenters. The highest BCUT2D eigenvalue weighted by atomic mass is 35.5. The molecule has 0 fully saturated rings. The standard InChI is InChI=1S/C15H10Cl2N4O/c16-10-5-6-13(22)9(7-10)8-18-20-15-12-4-2-1-3-11(12)14(17)19-21-15/h1-8,22H,(H,20,21). The highest BCUT2D eigenvalue weighted by Gasteiger charge is 2.06. The molecule has 3 rings (SSSR count). The van der Waals surface area contributed by atoms with Gasteiger partial charge in [0.15, 0.2) is 11.0 Å². The molecule has 0 aliphatic heterocycles. The average molecular weight is 333 g/mol. The highest BCUT2D eigenvalue weighted by Crippen LogP contribution is 2.25. The van der Waals surface area contributed by atoms with Crippen molar-refractivity contribution in [2.75, 3.05) is 5.43 Å². The van der Waals surface area contributed by atoms with Crippen LogP contribution in [0.3, 0.4) is 0 Å². The number of fused-ring (bicyclic) bond motifs is 1. The summed E-state index contributed by atoms with van der Waals surface area (Å²) in [7, 11) is 0. The molecule has 0 unspecified atom stereocenters. The summed E-state index contributed by atoms with van der Waals surface area (Å²) in [6.07, 6.45) is 1.45. The van der Waals surface area contributed by atoms with Gasteiger partial charge in [0, 0.05) is 21.4 Å². The van der Waals surface area contributed by atoms with E-state index < -0.39 is 0 Å². The van der Waals surface area contributed by atoms with E-state index in [4.69, 9.17) is 23.2 Å². The molecular formula is C15H10Cl2N4O. The minimum absolute atomic E-state index is 0.0852. The van der Waals surface area contributed by atoms with E-state index in [0.29, 0.717) is 21.6 Å². The second-order valence-corrected chi connectivity index (χ2v) is 5.25. The van der Waals surface area contributed by atoms with E-state index in [2.05, 4.69) is 20.7 Å². The van der Waals surface area contributed by atoms with Crippen LogP contribution in [0.15, 0.2) is 47.6 Å². The lowest BCUT2D eigenvalue weighted by Crippen LogP contribution is -1.97. The fraction of sp³-hybridized carbons (Fsp3) is 0. The zero-order chi connectivity index (χ0) is 15.5. The van der Waals surface area contributed by atoms with E-state index in [0.717, 1.165) is 10.8 Å². The molecule has 2 aromatic carbocycles. The minimum atomic E-state index is 0.0852. The summed E-state index contributed by atoms with van der Waals surface area (Å²) in [5.41, 5.74) is 3.28. The number of aromatic hydroxyl groups is 1. The smallest absolute Gasteiger partial charge is 0.176 e. The number of halogens is 2. The summed E-state index contributed by atoms with van der Waals surface area (Å²) in [6.45, 7) is 0. The van der Waals surface area contributed by atoms with Crippen molar-refractivity contribution in [2.24, 2.45) is 5.10 Å². The first-order valence-electron chi connectivity index (χ1n) is 6.33. The molecule has 7 heteroatoms. The Kier molecular flexibility index (Phi) is 4.09. The molecule has 1 heterocycles. The normalized spacial score (nSPS) is 11.2.